The molecule has 0 unspecified atom stereocenters. The number of benzene rings is 1. The molecule has 2 heterocycles. The normalized spacial score (nSPS) is 33.9. The molecule has 4 saturated carbocycles. The van der Waals surface area contributed by atoms with E-state index in [-0.39, 0.29) is 5.41 Å². The second kappa shape index (κ2) is 7.40. The molecular weight excluding hydrogens is 370 g/mol. The summed E-state index contributed by atoms with van der Waals surface area (Å²) in [7, 11) is 0. The Labute approximate surface area is 179 Å². The van der Waals surface area contributed by atoms with Crippen LogP contribution in [0.5, 0.6) is 0 Å². The topological polar surface area (TPSA) is 48.1 Å². The van der Waals surface area contributed by atoms with Gasteiger partial charge in [0.15, 0.2) is 0 Å². The lowest BCUT2D eigenvalue weighted by Gasteiger charge is -2.56. The molecule has 2 aromatic rings. The highest BCUT2D eigenvalue weighted by Gasteiger charge is 2.54. The Hall–Kier alpha value is -1.81. The Morgan fingerprint density at radius 3 is 2.40 bits per heavy atom. The number of aromatic nitrogens is 1. The molecule has 1 aliphatic heterocycles. The first-order valence-electron chi connectivity index (χ1n) is 12.3. The summed E-state index contributed by atoms with van der Waals surface area (Å²) in [6.45, 7) is 3.32. The number of carbonyl (C=O) groups excluding carboxylic acids is 1. The summed E-state index contributed by atoms with van der Waals surface area (Å²) in [5.41, 5.74) is 2.66. The third-order valence-corrected chi connectivity index (χ3v) is 8.81. The van der Waals surface area contributed by atoms with Crippen LogP contribution in [0, 0.1) is 23.2 Å². The second-order valence-electron chi connectivity index (χ2n) is 10.9. The highest BCUT2D eigenvalue weighted by atomic mass is 16.2. The number of H-pyrrole nitrogens is 1. The first kappa shape index (κ1) is 18.9. The average molecular weight is 406 g/mol. The molecule has 1 amide bonds. The minimum absolute atomic E-state index is 0.00121. The Morgan fingerprint density at radius 2 is 1.70 bits per heavy atom. The minimum Gasteiger partial charge on any atom is -0.361 e. The van der Waals surface area contributed by atoms with E-state index in [0.717, 1.165) is 56.7 Å². The molecule has 30 heavy (non-hydrogen) atoms. The zero-order valence-electron chi connectivity index (χ0n) is 18.0. The van der Waals surface area contributed by atoms with Crippen molar-refractivity contribution in [3.8, 4) is 0 Å². The lowest BCUT2D eigenvalue weighted by molar-refractivity contribution is -0.147. The molecule has 7 rings (SSSR count). The van der Waals surface area contributed by atoms with Crippen molar-refractivity contribution in [1.29, 1.82) is 0 Å². The van der Waals surface area contributed by atoms with Crippen molar-refractivity contribution in [3.05, 3.63) is 36.0 Å². The average Bonchev–Trinajstić information content (AvgIpc) is 3.15. The SMILES string of the molecule is O=C(NC1CCN(CCc2c[nH]c3ccccc23)CC1)C12CC3CC(CC(C3)C1)C2. The number of aromatic amines is 1. The van der Waals surface area contributed by atoms with E-state index in [0.29, 0.717) is 11.9 Å². The third-order valence-electron chi connectivity index (χ3n) is 8.81. The number of likely N-dealkylation sites (tertiary alicyclic amines) is 1. The van der Waals surface area contributed by atoms with Crippen molar-refractivity contribution in [2.75, 3.05) is 19.6 Å². The van der Waals surface area contributed by atoms with Crippen LogP contribution >= 0.6 is 0 Å². The summed E-state index contributed by atoms with van der Waals surface area (Å²) < 4.78 is 0. The van der Waals surface area contributed by atoms with Gasteiger partial charge in [-0.3, -0.25) is 4.79 Å². The summed E-state index contributed by atoms with van der Waals surface area (Å²) in [5.74, 6) is 2.94. The van der Waals surface area contributed by atoms with Crippen LogP contribution in [0.25, 0.3) is 10.9 Å². The fourth-order valence-electron chi connectivity index (χ4n) is 7.65. The number of rotatable bonds is 5. The molecular formula is C26H35N3O. The van der Waals surface area contributed by atoms with E-state index in [2.05, 4.69) is 45.7 Å². The van der Waals surface area contributed by atoms with Crippen LogP contribution in [-0.2, 0) is 11.2 Å². The molecule has 5 fully saturated rings. The lowest BCUT2D eigenvalue weighted by Crippen LogP contribution is -2.56. The van der Waals surface area contributed by atoms with Gasteiger partial charge >= 0.3 is 0 Å². The van der Waals surface area contributed by atoms with Gasteiger partial charge in [-0.1, -0.05) is 18.2 Å². The predicted molar refractivity (Wildman–Crippen MR) is 120 cm³/mol. The van der Waals surface area contributed by atoms with Crippen LogP contribution in [0.4, 0.5) is 0 Å². The number of hydrogen-bond donors (Lipinski definition) is 2. The Bertz CT molecular complexity index is 888. The molecule has 2 N–H and O–H groups in total. The molecule has 4 nitrogen and oxygen atoms in total. The Kier molecular flexibility index (Phi) is 4.67. The summed E-state index contributed by atoms with van der Waals surface area (Å²) in [6.07, 6.45) is 13.2. The summed E-state index contributed by atoms with van der Waals surface area (Å²) >= 11 is 0. The van der Waals surface area contributed by atoms with E-state index >= 15 is 0 Å². The molecule has 1 aromatic carbocycles. The molecule has 4 bridgehead atoms. The van der Waals surface area contributed by atoms with E-state index in [9.17, 15) is 4.79 Å². The molecule has 0 atom stereocenters. The van der Waals surface area contributed by atoms with Crippen molar-refractivity contribution < 1.29 is 4.79 Å². The Morgan fingerprint density at radius 1 is 1.03 bits per heavy atom. The highest BCUT2D eigenvalue weighted by Crippen LogP contribution is 2.60. The molecule has 5 aliphatic rings. The van der Waals surface area contributed by atoms with E-state index in [1.807, 2.05) is 0 Å². The van der Waals surface area contributed by atoms with Gasteiger partial charge in [-0.25, -0.2) is 0 Å². The van der Waals surface area contributed by atoms with Gasteiger partial charge in [0.2, 0.25) is 5.91 Å². The maximum absolute atomic E-state index is 13.3. The second-order valence-corrected chi connectivity index (χ2v) is 10.9. The van der Waals surface area contributed by atoms with E-state index < -0.39 is 0 Å². The van der Waals surface area contributed by atoms with E-state index in [4.69, 9.17) is 0 Å². The third kappa shape index (κ3) is 3.37. The monoisotopic (exact) mass is 405 g/mol. The van der Waals surface area contributed by atoms with Crippen LogP contribution in [-0.4, -0.2) is 41.5 Å². The molecule has 1 aromatic heterocycles. The molecule has 4 aliphatic carbocycles. The standard InChI is InChI=1S/C26H35N3O/c30-25(26-14-18-11-19(15-26)13-20(12-18)16-26)28-22-6-9-29(10-7-22)8-5-21-17-27-24-4-2-1-3-23(21)24/h1-4,17-20,22,27H,5-16H2,(H,28,30). The zero-order chi connectivity index (χ0) is 20.1. The molecule has 4 heteroatoms. The largest absolute Gasteiger partial charge is 0.361 e. The number of amides is 1. The van der Waals surface area contributed by atoms with Crippen LogP contribution < -0.4 is 5.32 Å². The number of nitrogens with one attached hydrogen (secondary N) is 2. The van der Waals surface area contributed by atoms with Crippen molar-refractivity contribution >= 4 is 16.8 Å². The molecule has 0 radical (unpaired) electrons. The summed E-state index contributed by atoms with van der Waals surface area (Å²) in [4.78, 5) is 19.3. The quantitative estimate of drug-likeness (QED) is 0.769. The molecule has 0 spiro atoms. The fourth-order valence-corrected chi connectivity index (χ4v) is 7.65. The highest BCUT2D eigenvalue weighted by molar-refractivity contribution is 5.84. The van der Waals surface area contributed by atoms with Gasteiger partial charge < -0.3 is 15.2 Å². The zero-order valence-corrected chi connectivity index (χ0v) is 18.0. The lowest BCUT2D eigenvalue weighted by atomic mass is 9.49. The van der Waals surface area contributed by atoms with Crippen LogP contribution in [0.1, 0.15) is 56.9 Å². The minimum atomic E-state index is 0.00121. The van der Waals surface area contributed by atoms with Gasteiger partial charge in [-0.05, 0) is 87.2 Å². The first-order chi connectivity index (χ1) is 14.7. The van der Waals surface area contributed by atoms with Crippen molar-refractivity contribution in [2.24, 2.45) is 23.2 Å². The van der Waals surface area contributed by atoms with Crippen LogP contribution in [0.15, 0.2) is 30.5 Å². The van der Waals surface area contributed by atoms with Crippen LogP contribution in [0.3, 0.4) is 0 Å². The maximum Gasteiger partial charge on any atom is 0.226 e. The number of piperidine rings is 1. The summed E-state index contributed by atoms with van der Waals surface area (Å²) in [5, 5.41) is 4.88. The van der Waals surface area contributed by atoms with Gasteiger partial charge in [0.25, 0.3) is 0 Å². The van der Waals surface area contributed by atoms with E-state index in [1.165, 1.54) is 55.0 Å². The van der Waals surface area contributed by atoms with Gasteiger partial charge in [0.05, 0.1) is 0 Å². The number of hydrogen-bond acceptors (Lipinski definition) is 2. The van der Waals surface area contributed by atoms with Gasteiger partial charge in [-0.15, -0.1) is 0 Å². The fraction of sp³-hybridized carbons (Fsp3) is 0.654. The molecule has 160 valence electrons. The first-order valence-corrected chi connectivity index (χ1v) is 12.3. The number of fused-ring (bicyclic) bond motifs is 1. The molecule has 1 saturated heterocycles. The van der Waals surface area contributed by atoms with Crippen molar-refractivity contribution in [1.82, 2.24) is 15.2 Å². The van der Waals surface area contributed by atoms with Gasteiger partial charge in [-0.2, -0.15) is 0 Å². The smallest absolute Gasteiger partial charge is 0.226 e. The van der Waals surface area contributed by atoms with Gasteiger partial charge in [0, 0.05) is 48.2 Å². The number of carbonyl (C=O) groups is 1. The number of para-hydroxylation sites is 1. The Balaban J connectivity index is 1.01. The van der Waals surface area contributed by atoms with Crippen LogP contribution in [0.2, 0.25) is 0 Å². The van der Waals surface area contributed by atoms with Gasteiger partial charge in [0.1, 0.15) is 0 Å². The van der Waals surface area contributed by atoms with Crippen molar-refractivity contribution in [3.63, 3.8) is 0 Å². The maximum atomic E-state index is 13.3. The van der Waals surface area contributed by atoms with E-state index in [1.54, 1.807) is 0 Å². The summed E-state index contributed by atoms with van der Waals surface area (Å²) in [6, 6.07) is 8.96. The van der Waals surface area contributed by atoms with Crippen molar-refractivity contribution in [2.45, 2.75) is 63.8 Å². The predicted octanol–water partition coefficient (Wildman–Crippen LogP) is 4.51. The number of nitrogens with zero attached hydrogens (tertiary/aromatic N) is 1.